The maximum absolute atomic E-state index is 9.51. The lowest BCUT2D eigenvalue weighted by atomic mass is 10.1. The van der Waals surface area contributed by atoms with Crippen molar-refractivity contribution in [2.45, 2.75) is 19.1 Å². The summed E-state index contributed by atoms with van der Waals surface area (Å²) in [7, 11) is 0. The second kappa shape index (κ2) is 4.09. The summed E-state index contributed by atoms with van der Waals surface area (Å²) in [6.07, 6.45) is -1.85. The number of aromatic hydroxyl groups is 1. The van der Waals surface area contributed by atoms with Crippen molar-refractivity contribution < 1.29 is 15.3 Å². The van der Waals surface area contributed by atoms with Crippen LogP contribution in [-0.4, -0.2) is 21.4 Å². The van der Waals surface area contributed by atoms with E-state index in [1.165, 1.54) is 19.1 Å². The highest BCUT2D eigenvalue weighted by Gasteiger charge is 2.16. The first kappa shape index (κ1) is 10.5. The summed E-state index contributed by atoms with van der Waals surface area (Å²) in [5.74, 6) is 0.0675. The van der Waals surface area contributed by atoms with E-state index in [0.717, 1.165) is 0 Å². The van der Waals surface area contributed by atoms with E-state index in [2.05, 4.69) is 15.9 Å². The van der Waals surface area contributed by atoms with Gasteiger partial charge in [0.25, 0.3) is 0 Å². The third-order valence-corrected chi connectivity index (χ3v) is 2.48. The first-order chi connectivity index (χ1) is 6.02. The minimum atomic E-state index is -0.985. The molecule has 2 atom stereocenters. The van der Waals surface area contributed by atoms with Crippen molar-refractivity contribution in [3.63, 3.8) is 0 Å². The molecule has 0 amide bonds. The molecule has 1 aromatic carbocycles. The lowest BCUT2D eigenvalue weighted by molar-refractivity contribution is 0.0300. The summed E-state index contributed by atoms with van der Waals surface area (Å²) in [6.45, 7) is 1.49. The SMILES string of the molecule is CC(O)C(O)c1cc(O)ccc1Br. The molecule has 72 valence electrons. The van der Waals surface area contributed by atoms with Crippen molar-refractivity contribution in [2.75, 3.05) is 0 Å². The van der Waals surface area contributed by atoms with Crippen LogP contribution in [0.25, 0.3) is 0 Å². The molecule has 0 saturated heterocycles. The van der Waals surface area contributed by atoms with Crippen LogP contribution in [0.15, 0.2) is 22.7 Å². The van der Waals surface area contributed by atoms with Gasteiger partial charge in [-0.3, -0.25) is 0 Å². The fourth-order valence-corrected chi connectivity index (χ4v) is 1.50. The maximum atomic E-state index is 9.51. The Bertz CT molecular complexity index is 299. The predicted octanol–water partition coefficient (Wildman–Crippen LogP) is 1.57. The molecule has 0 fully saturated rings. The van der Waals surface area contributed by atoms with Crippen LogP contribution in [0, 0.1) is 0 Å². The van der Waals surface area contributed by atoms with Gasteiger partial charge in [0.1, 0.15) is 11.9 Å². The average molecular weight is 247 g/mol. The van der Waals surface area contributed by atoms with Gasteiger partial charge < -0.3 is 15.3 Å². The molecule has 0 spiro atoms. The number of phenols is 1. The molecule has 0 heterocycles. The second-order valence-electron chi connectivity index (χ2n) is 2.89. The Morgan fingerprint density at radius 1 is 1.31 bits per heavy atom. The Morgan fingerprint density at radius 3 is 2.46 bits per heavy atom. The number of hydrogen-bond donors (Lipinski definition) is 3. The first-order valence-corrected chi connectivity index (χ1v) is 4.66. The molecule has 0 aliphatic carbocycles. The van der Waals surface area contributed by atoms with Gasteiger partial charge in [-0.05, 0) is 25.1 Å². The molecule has 0 aromatic heterocycles. The summed E-state index contributed by atoms with van der Waals surface area (Å²) in [6, 6.07) is 4.54. The van der Waals surface area contributed by atoms with Crippen LogP contribution >= 0.6 is 15.9 Å². The maximum Gasteiger partial charge on any atom is 0.116 e. The number of aliphatic hydroxyl groups excluding tert-OH is 2. The van der Waals surface area contributed by atoms with Crippen molar-refractivity contribution in [2.24, 2.45) is 0 Å². The van der Waals surface area contributed by atoms with E-state index in [-0.39, 0.29) is 5.75 Å². The van der Waals surface area contributed by atoms with Gasteiger partial charge in [-0.1, -0.05) is 15.9 Å². The van der Waals surface area contributed by atoms with Crippen LogP contribution < -0.4 is 0 Å². The third-order valence-electron chi connectivity index (χ3n) is 1.76. The van der Waals surface area contributed by atoms with E-state index in [0.29, 0.717) is 10.0 Å². The van der Waals surface area contributed by atoms with Crippen molar-refractivity contribution in [3.8, 4) is 5.75 Å². The fourth-order valence-electron chi connectivity index (χ4n) is 1.02. The van der Waals surface area contributed by atoms with Gasteiger partial charge in [0.05, 0.1) is 6.10 Å². The quantitative estimate of drug-likeness (QED) is 0.743. The van der Waals surface area contributed by atoms with E-state index in [1.807, 2.05) is 0 Å². The molecule has 3 N–H and O–H groups in total. The molecule has 0 radical (unpaired) electrons. The number of benzene rings is 1. The molecule has 13 heavy (non-hydrogen) atoms. The molecule has 0 aliphatic heterocycles. The molecule has 0 aliphatic rings. The predicted molar refractivity (Wildman–Crippen MR) is 52.4 cm³/mol. The fraction of sp³-hybridized carbons (Fsp3) is 0.333. The zero-order valence-corrected chi connectivity index (χ0v) is 8.69. The number of rotatable bonds is 2. The normalized spacial score (nSPS) is 15.4. The zero-order chi connectivity index (χ0) is 10.0. The first-order valence-electron chi connectivity index (χ1n) is 3.87. The highest BCUT2D eigenvalue weighted by atomic mass is 79.9. The second-order valence-corrected chi connectivity index (χ2v) is 3.75. The van der Waals surface area contributed by atoms with Gasteiger partial charge in [-0.2, -0.15) is 0 Å². The standard InChI is InChI=1S/C9H11BrO3/c1-5(11)9(13)7-4-6(12)2-3-8(7)10/h2-5,9,11-13H,1H3. The van der Waals surface area contributed by atoms with Crippen molar-refractivity contribution in [3.05, 3.63) is 28.2 Å². The van der Waals surface area contributed by atoms with Crippen molar-refractivity contribution >= 4 is 15.9 Å². The van der Waals surface area contributed by atoms with Crippen LogP contribution in [-0.2, 0) is 0 Å². The van der Waals surface area contributed by atoms with Gasteiger partial charge in [-0.25, -0.2) is 0 Å². The zero-order valence-electron chi connectivity index (χ0n) is 7.11. The van der Waals surface area contributed by atoms with Crippen LogP contribution in [0.4, 0.5) is 0 Å². The van der Waals surface area contributed by atoms with Gasteiger partial charge >= 0.3 is 0 Å². The Kier molecular flexibility index (Phi) is 3.30. The Balaban J connectivity index is 3.05. The lowest BCUT2D eigenvalue weighted by Gasteiger charge is -2.15. The molecule has 0 saturated carbocycles. The molecular formula is C9H11BrO3. The molecule has 3 nitrogen and oxygen atoms in total. The number of aliphatic hydroxyl groups is 2. The van der Waals surface area contributed by atoms with E-state index >= 15 is 0 Å². The topological polar surface area (TPSA) is 60.7 Å². The molecule has 2 unspecified atom stereocenters. The smallest absolute Gasteiger partial charge is 0.116 e. The highest BCUT2D eigenvalue weighted by Crippen LogP contribution is 2.28. The molecule has 1 rings (SSSR count). The number of hydrogen-bond acceptors (Lipinski definition) is 3. The summed E-state index contributed by atoms with van der Waals surface area (Å²) >= 11 is 3.22. The largest absolute Gasteiger partial charge is 0.508 e. The van der Waals surface area contributed by atoms with Crippen LogP contribution in [0.3, 0.4) is 0 Å². The Hall–Kier alpha value is -0.580. The van der Waals surface area contributed by atoms with Gasteiger partial charge in [0.2, 0.25) is 0 Å². The monoisotopic (exact) mass is 246 g/mol. The minimum absolute atomic E-state index is 0.0675. The third kappa shape index (κ3) is 2.43. The average Bonchev–Trinajstić information content (AvgIpc) is 2.08. The lowest BCUT2D eigenvalue weighted by Crippen LogP contribution is -2.14. The van der Waals surface area contributed by atoms with Crippen LogP contribution in [0.1, 0.15) is 18.6 Å². The van der Waals surface area contributed by atoms with Crippen LogP contribution in [0.2, 0.25) is 0 Å². The van der Waals surface area contributed by atoms with E-state index < -0.39 is 12.2 Å². The van der Waals surface area contributed by atoms with E-state index in [9.17, 15) is 5.11 Å². The number of phenolic OH excluding ortho intramolecular Hbond substituents is 1. The highest BCUT2D eigenvalue weighted by molar-refractivity contribution is 9.10. The van der Waals surface area contributed by atoms with Gasteiger partial charge in [0, 0.05) is 10.0 Å². The van der Waals surface area contributed by atoms with E-state index in [1.54, 1.807) is 6.07 Å². The van der Waals surface area contributed by atoms with Crippen LogP contribution in [0.5, 0.6) is 5.75 Å². The summed E-state index contributed by atoms with van der Waals surface area (Å²) in [5, 5.41) is 27.8. The molecule has 0 bridgehead atoms. The molecule has 4 heteroatoms. The van der Waals surface area contributed by atoms with Crippen molar-refractivity contribution in [1.82, 2.24) is 0 Å². The minimum Gasteiger partial charge on any atom is -0.508 e. The summed E-state index contributed by atoms with van der Waals surface area (Å²) in [4.78, 5) is 0. The molecular weight excluding hydrogens is 236 g/mol. The Labute approximate surface area is 84.8 Å². The van der Waals surface area contributed by atoms with Gasteiger partial charge in [0.15, 0.2) is 0 Å². The van der Waals surface area contributed by atoms with E-state index in [4.69, 9.17) is 10.2 Å². The van der Waals surface area contributed by atoms with Gasteiger partial charge in [-0.15, -0.1) is 0 Å². The summed E-state index contributed by atoms with van der Waals surface area (Å²) in [5.41, 5.74) is 0.481. The number of halogens is 1. The Morgan fingerprint density at radius 2 is 1.92 bits per heavy atom. The summed E-state index contributed by atoms with van der Waals surface area (Å²) < 4.78 is 0.665. The van der Waals surface area contributed by atoms with Crippen molar-refractivity contribution in [1.29, 1.82) is 0 Å². The molecule has 1 aromatic rings.